The Bertz CT molecular complexity index is 694. The van der Waals surface area contributed by atoms with E-state index in [-0.39, 0.29) is 20.6 Å². The molecule has 104 valence electrons. The third kappa shape index (κ3) is 3.44. The van der Waals surface area contributed by atoms with Crippen molar-refractivity contribution in [3.63, 3.8) is 0 Å². The first-order valence-corrected chi connectivity index (χ1v) is 7.22. The molecule has 0 aromatic heterocycles. The Morgan fingerprint density at radius 2 is 1.70 bits per heavy atom. The van der Waals surface area contributed by atoms with E-state index in [1.807, 2.05) is 0 Å². The summed E-state index contributed by atoms with van der Waals surface area (Å²) in [5.74, 6) is -0.891. The van der Waals surface area contributed by atoms with Crippen LogP contribution < -0.4 is 5.32 Å². The predicted octanol–water partition coefficient (Wildman–Crippen LogP) is 5.80. The van der Waals surface area contributed by atoms with E-state index in [1.54, 1.807) is 0 Å². The van der Waals surface area contributed by atoms with Crippen molar-refractivity contribution in [2.75, 3.05) is 5.32 Å². The Balaban J connectivity index is 2.30. The lowest BCUT2D eigenvalue weighted by Gasteiger charge is -2.10. The van der Waals surface area contributed by atoms with Crippen LogP contribution in [0.15, 0.2) is 34.8 Å². The van der Waals surface area contributed by atoms with Crippen LogP contribution in [0.25, 0.3) is 0 Å². The summed E-state index contributed by atoms with van der Waals surface area (Å²) >= 11 is 20.8. The fraction of sp³-hybridized carbons (Fsp3) is 0. The number of hydrogen-bond donors (Lipinski definition) is 1. The first kappa shape index (κ1) is 15.6. The van der Waals surface area contributed by atoms with Crippen molar-refractivity contribution >= 4 is 62.3 Å². The molecule has 2 rings (SSSR count). The molecule has 20 heavy (non-hydrogen) atoms. The molecule has 2 aromatic carbocycles. The van der Waals surface area contributed by atoms with Gasteiger partial charge >= 0.3 is 0 Å². The van der Waals surface area contributed by atoms with Crippen LogP contribution in [0.3, 0.4) is 0 Å². The summed E-state index contributed by atoms with van der Waals surface area (Å²) in [4.78, 5) is 12.1. The molecule has 2 nitrogen and oxygen atoms in total. The van der Waals surface area contributed by atoms with Gasteiger partial charge in [-0.25, -0.2) is 4.39 Å². The van der Waals surface area contributed by atoms with E-state index < -0.39 is 11.7 Å². The number of benzene rings is 2. The van der Waals surface area contributed by atoms with Crippen molar-refractivity contribution in [1.82, 2.24) is 0 Å². The summed E-state index contributed by atoms with van der Waals surface area (Å²) in [5, 5.41) is 3.40. The summed E-state index contributed by atoms with van der Waals surface area (Å²) in [7, 11) is 0. The van der Waals surface area contributed by atoms with E-state index in [4.69, 9.17) is 34.8 Å². The minimum Gasteiger partial charge on any atom is -0.321 e. The second-order valence-corrected chi connectivity index (χ2v) is 5.90. The van der Waals surface area contributed by atoms with Crippen molar-refractivity contribution in [3.05, 3.63) is 61.3 Å². The number of rotatable bonds is 2. The van der Waals surface area contributed by atoms with E-state index in [2.05, 4.69) is 21.2 Å². The summed E-state index contributed by atoms with van der Waals surface area (Å²) in [6.45, 7) is 0. The second kappa shape index (κ2) is 6.31. The lowest BCUT2D eigenvalue weighted by atomic mass is 10.2. The van der Waals surface area contributed by atoms with Crippen LogP contribution in [0.5, 0.6) is 0 Å². The van der Waals surface area contributed by atoms with Crippen molar-refractivity contribution in [3.8, 4) is 0 Å². The first-order valence-electron chi connectivity index (χ1n) is 5.29. The van der Waals surface area contributed by atoms with Crippen molar-refractivity contribution in [2.45, 2.75) is 0 Å². The van der Waals surface area contributed by atoms with Crippen LogP contribution in [-0.4, -0.2) is 5.91 Å². The highest BCUT2D eigenvalue weighted by Gasteiger charge is 2.14. The molecule has 0 fully saturated rings. The number of hydrogen-bond acceptors (Lipinski definition) is 1. The van der Waals surface area contributed by atoms with E-state index in [9.17, 15) is 9.18 Å². The molecule has 0 heterocycles. The van der Waals surface area contributed by atoms with Crippen molar-refractivity contribution < 1.29 is 9.18 Å². The fourth-order valence-electron chi connectivity index (χ4n) is 1.48. The Morgan fingerprint density at radius 1 is 1.05 bits per heavy atom. The molecule has 0 aliphatic heterocycles. The number of nitrogens with one attached hydrogen (secondary N) is 1. The topological polar surface area (TPSA) is 29.1 Å². The minimum absolute atomic E-state index is 0.256. The molecule has 0 aliphatic carbocycles. The van der Waals surface area contributed by atoms with E-state index in [0.717, 1.165) is 0 Å². The molecule has 0 aliphatic rings. The van der Waals surface area contributed by atoms with Crippen molar-refractivity contribution in [2.24, 2.45) is 0 Å². The number of halogens is 5. The highest BCUT2D eigenvalue weighted by molar-refractivity contribution is 9.10. The molecule has 0 radical (unpaired) electrons. The third-order valence-corrected chi connectivity index (χ3v) is 4.12. The number of anilines is 1. The maximum atomic E-state index is 13.0. The Kier molecular flexibility index (Phi) is 4.91. The molecule has 1 amide bonds. The van der Waals surface area contributed by atoms with E-state index >= 15 is 0 Å². The molecule has 7 heteroatoms. The quantitative estimate of drug-likeness (QED) is 0.638. The van der Waals surface area contributed by atoms with Crippen LogP contribution in [-0.2, 0) is 0 Å². The maximum Gasteiger partial charge on any atom is 0.256 e. The van der Waals surface area contributed by atoms with E-state index in [0.29, 0.717) is 10.2 Å². The zero-order valence-electron chi connectivity index (χ0n) is 9.68. The average Bonchev–Trinajstić information content (AvgIpc) is 2.35. The predicted molar refractivity (Wildman–Crippen MR) is 83.5 cm³/mol. The molecule has 0 bridgehead atoms. The van der Waals surface area contributed by atoms with Gasteiger partial charge in [-0.05, 0) is 46.3 Å². The van der Waals surface area contributed by atoms with Gasteiger partial charge in [-0.3, -0.25) is 4.79 Å². The van der Waals surface area contributed by atoms with Crippen LogP contribution in [0.4, 0.5) is 10.1 Å². The number of carbonyl (C=O) groups is 1. The van der Waals surface area contributed by atoms with Crippen LogP contribution in [0, 0.1) is 5.82 Å². The van der Waals surface area contributed by atoms with Gasteiger partial charge < -0.3 is 5.32 Å². The molecule has 0 saturated heterocycles. The van der Waals surface area contributed by atoms with Gasteiger partial charge in [0.1, 0.15) is 5.82 Å². The monoisotopic (exact) mass is 395 g/mol. The van der Waals surface area contributed by atoms with Crippen LogP contribution in [0.1, 0.15) is 10.4 Å². The zero-order chi connectivity index (χ0) is 14.9. The van der Waals surface area contributed by atoms with Gasteiger partial charge in [-0.15, -0.1) is 0 Å². The minimum atomic E-state index is -0.447. The normalized spacial score (nSPS) is 10.4. The average molecular weight is 397 g/mol. The summed E-state index contributed by atoms with van der Waals surface area (Å²) in [5.41, 5.74) is 0.593. The van der Waals surface area contributed by atoms with Crippen molar-refractivity contribution in [1.29, 1.82) is 0 Å². The summed E-state index contributed by atoms with van der Waals surface area (Å²) < 4.78 is 13.3. The third-order valence-electron chi connectivity index (χ3n) is 2.43. The van der Waals surface area contributed by atoms with Gasteiger partial charge in [0.15, 0.2) is 0 Å². The maximum absolute atomic E-state index is 13.0. The molecule has 0 atom stereocenters. The van der Waals surface area contributed by atoms with Gasteiger partial charge in [0.2, 0.25) is 0 Å². The lowest BCUT2D eigenvalue weighted by Crippen LogP contribution is -2.13. The molecular weight excluding hydrogens is 391 g/mol. The fourth-order valence-corrected chi connectivity index (χ4v) is 2.61. The van der Waals surface area contributed by atoms with Gasteiger partial charge in [-0.2, -0.15) is 0 Å². The second-order valence-electron chi connectivity index (χ2n) is 3.82. The molecule has 1 N–H and O–H groups in total. The standard InChI is InChI=1S/C13H6BrCl3FNO/c14-8-3-6(18)1-2-7(8)13(20)19-12-5-10(16)9(15)4-11(12)17/h1-5H,(H,19,20). The zero-order valence-corrected chi connectivity index (χ0v) is 13.5. The Labute approximate surface area is 138 Å². The smallest absolute Gasteiger partial charge is 0.256 e. The SMILES string of the molecule is O=C(Nc1cc(Cl)c(Cl)cc1Cl)c1ccc(F)cc1Br. The largest absolute Gasteiger partial charge is 0.321 e. The molecule has 0 saturated carbocycles. The molecule has 2 aromatic rings. The molecule has 0 spiro atoms. The highest BCUT2D eigenvalue weighted by atomic mass is 79.9. The Morgan fingerprint density at radius 3 is 2.35 bits per heavy atom. The van der Waals surface area contributed by atoms with Gasteiger partial charge in [0.05, 0.1) is 26.3 Å². The highest BCUT2D eigenvalue weighted by Crippen LogP contribution is 2.32. The summed E-state index contributed by atoms with van der Waals surface area (Å²) in [6, 6.07) is 6.63. The lowest BCUT2D eigenvalue weighted by molar-refractivity contribution is 0.102. The molecular formula is C13H6BrCl3FNO. The van der Waals surface area contributed by atoms with E-state index in [1.165, 1.54) is 30.3 Å². The Hall–Kier alpha value is -0.810. The number of amides is 1. The summed E-state index contributed by atoms with van der Waals surface area (Å²) in [6.07, 6.45) is 0. The van der Waals surface area contributed by atoms with Crippen LogP contribution in [0.2, 0.25) is 15.1 Å². The van der Waals surface area contributed by atoms with Crippen LogP contribution >= 0.6 is 50.7 Å². The van der Waals surface area contributed by atoms with Gasteiger partial charge in [-0.1, -0.05) is 34.8 Å². The van der Waals surface area contributed by atoms with Gasteiger partial charge in [0, 0.05) is 4.47 Å². The number of carbonyl (C=O) groups excluding carboxylic acids is 1. The molecule has 0 unspecified atom stereocenters. The van der Waals surface area contributed by atoms with Gasteiger partial charge in [0.25, 0.3) is 5.91 Å². The first-order chi connectivity index (χ1) is 9.38.